The molecule has 1 aromatic carbocycles. The van der Waals surface area contributed by atoms with E-state index in [4.69, 9.17) is 4.74 Å². The molecule has 0 aliphatic rings. The van der Waals surface area contributed by atoms with Crippen molar-refractivity contribution in [2.75, 3.05) is 7.11 Å². The summed E-state index contributed by atoms with van der Waals surface area (Å²) in [5.41, 5.74) is 2.24. The molecule has 0 atom stereocenters. The first-order chi connectivity index (χ1) is 9.70. The Morgan fingerprint density at radius 3 is 2.35 bits per heavy atom. The summed E-state index contributed by atoms with van der Waals surface area (Å²) in [6.45, 7) is 2.07. The van der Waals surface area contributed by atoms with Crippen molar-refractivity contribution in [1.29, 1.82) is 0 Å². The van der Waals surface area contributed by atoms with Crippen molar-refractivity contribution in [3.05, 3.63) is 66.4 Å². The topological polar surface area (TPSA) is 35.0 Å². The van der Waals surface area contributed by atoms with Gasteiger partial charge in [-0.2, -0.15) is 0 Å². The van der Waals surface area contributed by atoms with Crippen LogP contribution in [0, 0.1) is 12.7 Å². The maximum atomic E-state index is 11.9. The normalized spacial score (nSPS) is 9.75. The first-order valence-corrected chi connectivity index (χ1v) is 6.15. The Morgan fingerprint density at radius 1 is 1.00 bits per heavy atom. The second-order valence-corrected chi connectivity index (χ2v) is 4.18. The minimum absolute atomic E-state index is 0.241. The first-order valence-electron chi connectivity index (χ1n) is 6.15. The molecule has 0 aliphatic carbocycles. The van der Waals surface area contributed by atoms with E-state index in [0.717, 1.165) is 16.7 Å². The van der Waals surface area contributed by atoms with Gasteiger partial charge < -0.3 is 4.74 Å². The van der Waals surface area contributed by atoms with Gasteiger partial charge in [-0.1, -0.05) is 0 Å². The molecule has 0 radical (unpaired) electrons. The minimum Gasteiger partial charge on any atom is -0.497 e. The lowest BCUT2D eigenvalue weighted by Crippen LogP contribution is -1.85. The van der Waals surface area contributed by atoms with Gasteiger partial charge in [0, 0.05) is 24.0 Å². The SMILES string of the molecule is COc1ccc2nccc(C)c2c1.Fc1ccncc1. The summed E-state index contributed by atoms with van der Waals surface area (Å²) in [6, 6.07) is 10.5. The van der Waals surface area contributed by atoms with Crippen LogP contribution in [0.15, 0.2) is 55.0 Å². The van der Waals surface area contributed by atoms with Crippen molar-refractivity contribution in [2.45, 2.75) is 6.92 Å². The van der Waals surface area contributed by atoms with Crippen LogP contribution in [0.5, 0.6) is 5.75 Å². The molecule has 0 bridgehead atoms. The molecule has 20 heavy (non-hydrogen) atoms. The summed E-state index contributed by atoms with van der Waals surface area (Å²) in [5, 5.41) is 1.15. The Hall–Kier alpha value is -2.49. The second-order valence-electron chi connectivity index (χ2n) is 4.18. The largest absolute Gasteiger partial charge is 0.497 e. The molecule has 0 amide bonds. The van der Waals surface area contributed by atoms with Crippen molar-refractivity contribution in [3.8, 4) is 5.75 Å². The second kappa shape index (κ2) is 6.61. The van der Waals surface area contributed by atoms with E-state index >= 15 is 0 Å². The number of fused-ring (bicyclic) bond motifs is 1. The zero-order valence-electron chi connectivity index (χ0n) is 11.4. The van der Waals surface area contributed by atoms with Gasteiger partial charge in [0.05, 0.1) is 12.6 Å². The van der Waals surface area contributed by atoms with Gasteiger partial charge in [0.15, 0.2) is 0 Å². The number of methoxy groups -OCH3 is 1. The molecule has 0 saturated heterocycles. The van der Waals surface area contributed by atoms with Gasteiger partial charge in [-0.15, -0.1) is 0 Å². The third-order valence-corrected chi connectivity index (χ3v) is 2.81. The summed E-state index contributed by atoms with van der Waals surface area (Å²) < 4.78 is 17.0. The molecular weight excluding hydrogens is 255 g/mol. The van der Waals surface area contributed by atoms with Crippen LogP contribution in [-0.4, -0.2) is 17.1 Å². The maximum Gasteiger partial charge on any atom is 0.126 e. The Bertz CT molecular complexity index is 686. The fourth-order valence-electron chi connectivity index (χ4n) is 1.72. The van der Waals surface area contributed by atoms with Crippen molar-refractivity contribution < 1.29 is 9.13 Å². The van der Waals surface area contributed by atoms with E-state index in [1.165, 1.54) is 30.1 Å². The van der Waals surface area contributed by atoms with Crippen molar-refractivity contribution in [2.24, 2.45) is 0 Å². The van der Waals surface area contributed by atoms with Crippen LogP contribution in [0.2, 0.25) is 0 Å². The number of rotatable bonds is 1. The van der Waals surface area contributed by atoms with Crippen molar-refractivity contribution in [1.82, 2.24) is 9.97 Å². The van der Waals surface area contributed by atoms with Gasteiger partial charge >= 0.3 is 0 Å². The van der Waals surface area contributed by atoms with Gasteiger partial charge in [0.1, 0.15) is 11.6 Å². The van der Waals surface area contributed by atoms with Crippen LogP contribution >= 0.6 is 0 Å². The number of nitrogens with zero attached hydrogens (tertiary/aromatic N) is 2. The van der Waals surface area contributed by atoms with Crippen LogP contribution in [0.3, 0.4) is 0 Å². The highest BCUT2D eigenvalue weighted by molar-refractivity contribution is 5.83. The highest BCUT2D eigenvalue weighted by Gasteiger charge is 1.98. The standard InChI is InChI=1S/C11H11NO.C5H4FN/c1-8-5-6-12-11-4-3-9(13-2)7-10(8)11;6-5-1-3-7-4-2-5/h3-7H,1-2H3;1-4H. The lowest BCUT2D eigenvalue weighted by molar-refractivity contribution is 0.415. The molecular formula is C16H15FN2O. The molecule has 3 aromatic rings. The fourth-order valence-corrected chi connectivity index (χ4v) is 1.72. The number of ether oxygens (including phenoxy) is 1. The van der Waals surface area contributed by atoms with Gasteiger partial charge in [0.2, 0.25) is 0 Å². The average molecular weight is 270 g/mol. The van der Waals surface area contributed by atoms with Gasteiger partial charge in [-0.25, -0.2) is 4.39 Å². The summed E-state index contributed by atoms with van der Waals surface area (Å²) in [4.78, 5) is 7.87. The van der Waals surface area contributed by atoms with E-state index in [0.29, 0.717) is 0 Å². The van der Waals surface area contributed by atoms with E-state index in [1.807, 2.05) is 30.5 Å². The van der Waals surface area contributed by atoms with E-state index in [-0.39, 0.29) is 5.82 Å². The Morgan fingerprint density at radius 2 is 1.75 bits per heavy atom. The van der Waals surface area contributed by atoms with Crippen LogP contribution < -0.4 is 4.74 Å². The quantitative estimate of drug-likeness (QED) is 0.675. The number of benzene rings is 1. The van der Waals surface area contributed by atoms with E-state index in [1.54, 1.807) is 7.11 Å². The van der Waals surface area contributed by atoms with Crippen LogP contribution in [0.25, 0.3) is 10.9 Å². The summed E-state index contributed by atoms with van der Waals surface area (Å²) in [5.74, 6) is 0.638. The lowest BCUT2D eigenvalue weighted by atomic mass is 10.1. The molecule has 0 fully saturated rings. The fraction of sp³-hybridized carbons (Fsp3) is 0.125. The number of pyridine rings is 2. The van der Waals surface area contributed by atoms with Crippen molar-refractivity contribution in [3.63, 3.8) is 0 Å². The third-order valence-electron chi connectivity index (χ3n) is 2.81. The smallest absolute Gasteiger partial charge is 0.126 e. The number of aryl methyl sites for hydroxylation is 1. The Kier molecular flexibility index (Phi) is 4.60. The molecule has 0 aliphatic heterocycles. The molecule has 2 aromatic heterocycles. The number of halogens is 1. The highest BCUT2D eigenvalue weighted by Crippen LogP contribution is 2.21. The summed E-state index contributed by atoms with van der Waals surface area (Å²) >= 11 is 0. The number of hydrogen-bond donors (Lipinski definition) is 0. The van der Waals surface area contributed by atoms with Crippen LogP contribution in [-0.2, 0) is 0 Å². The molecule has 0 saturated carbocycles. The molecule has 0 spiro atoms. The third kappa shape index (κ3) is 3.51. The molecule has 3 rings (SSSR count). The maximum absolute atomic E-state index is 11.9. The minimum atomic E-state index is -0.241. The molecule has 3 nitrogen and oxygen atoms in total. The van der Waals surface area contributed by atoms with E-state index < -0.39 is 0 Å². The number of aromatic nitrogens is 2. The molecule has 2 heterocycles. The predicted octanol–water partition coefficient (Wildman–Crippen LogP) is 3.77. The summed E-state index contributed by atoms with van der Waals surface area (Å²) in [7, 11) is 1.67. The van der Waals surface area contributed by atoms with Gasteiger partial charge in [-0.3, -0.25) is 9.97 Å². The lowest BCUT2D eigenvalue weighted by Gasteiger charge is -2.03. The number of hydrogen-bond acceptors (Lipinski definition) is 3. The zero-order chi connectivity index (χ0) is 14.4. The molecule has 102 valence electrons. The molecule has 4 heteroatoms. The van der Waals surface area contributed by atoms with Crippen LogP contribution in [0.1, 0.15) is 5.56 Å². The van der Waals surface area contributed by atoms with Gasteiger partial charge in [-0.05, 0) is 48.9 Å². The van der Waals surface area contributed by atoms with Crippen LogP contribution in [0.4, 0.5) is 4.39 Å². The molecule has 0 unspecified atom stereocenters. The Labute approximate surface area is 117 Å². The predicted molar refractivity (Wildman–Crippen MR) is 77.2 cm³/mol. The average Bonchev–Trinajstić information content (AvgIpc) is 2.49. The van der Waals surface area contributed by atoms with Crippen molar-refractivity contribution >= 4 is 10.9 Å². The summed E-state index contributed by atoms with van der Waals surface area (Å²) in [6.07, 6.45) is 4.65. The zero-order valence-corrected chi connectivity index (χ0v) is 11.4. The first kappa shape index (κ1) is 13.9. The Balaban J connectivity index is 0.000000178. The van der Waals surface area contributed by atoms with Gasteiger partial charge in [0.25, 0.3) is 0 Å². The highest BCUT2D eigenvalue weighted by atomic mass is 19.1. The van der Waals surface area contributed by atoms with E-state index in [2.05, 4.69) is 16.9 Å². The van der Waals surface area contributed by atoms with E-state index in [9.17, 15) is 4.39 Å². The monoisotopic (exact) mass is 270 g/mol. The molecule has 0 N–H and O–H groups in total.